The van der Waals surface area contributed by atoms with E-state index in [9.17, 15) is 4.39 Å². The summed E-state index contributed by atoms with van der Waals surface area (Å²) < 4.78 is 16.1. The Morgan fingerprint density at radius 2 is 1.76 bits per heavy atom. The highest BCUT2D eigenvalue weighted by molar-refractivity contribution is 5.95. The molecular weight excluding hydrogens is 427 g/mol. The zero-order valence-electron chi connectivity index (χ0n) is 19.7. The van der Waals surface area contributed by atoms with E-state index in [-0.39, 0.29) is 11.1 Å². The molecule has 6 nitrogen and oxygen atoms in total. The quantitative estimate of drug-likeness (QED) is 0.336. The van der Waals surface area contributed by atoms with E-state index in [0.29, 0.717) is 22.5 Å². The number of hydrogen-bond acceptors (Lipinski definition) is 5. The van der Waals surface area contributed by atoms with Gasteiger partial charge < -0.3 is 10.6 Å². The zero-order chi connectivity index (χ0) is 24.0. The van der Waals surface area contributed by atoms with E-state index < -0.39 is 5.82 Å². The average molecular weight is 455 g/mol. The molecule has 0 unspecified atom stereocenters. The average Bonchev–Trinajstić information content (AvgIpc) is 3.27. The lowest BCUT2D eigenvalue weighted by Crippen LogP contribution is -2.13. The molecule has 0 saturated carbocycles. The van der Waals surface area contributed by atoms with Gasteiger partial charge in [0.1, 0.15) is 18.0 Å². The van der Waals surface area contributed by atoms with E-state index in [4.69, 9.17) is 5.73 Å². The van der Waals surface area contributed by atoms with Crippen LogP contribution in [0.4, 0.5) is 21.6 Å². The third kappa shape index (κ3) is 4.05. The molecule has 3 aromatic carbocycles. The standard InChI is InChI=1S/C27H27FN6/c1-27(2,3)15-17-8-10-18(11-9-17)19-6-5-7-20(12-19)33(4)25-21-13-22(28)23(29)14-24(21)34-16-30-32-26(34)31-25/h5-14,16H,15,29H2,1-4H3. The fraction of sp³-hybridized carbons (Fsp3) is 0.222. The number of nitrogens with two attached hydrogens (primary N) is 1. The number of nitrogens with zero attached hydrogens (tertiary/aromatic N) is 5. The van der Waals surface area contributed by atoms with Crippen LogP contribution in [0.1, 0.15) is 26.3 Å². The van der Waals surface area contributed by atoms with Gasteiger partial charge >= 0.3 is 0 Å². The van der Waals surface area contributed by atoms with Crippen molar-refractivity contribution in [2.45, 2.75) is 27.2 Å². The van der Waals surface area contributed by atoms with Crippen molar-refractivity contribution in [3.05, 3.63) is 78.4 Å². The summed E-state index contributed by atoms with van der Waals surface area (Å²) in [4.78, 5) is 6.60. The van der Waals surface area contributed by atoms with Crippen LogP contribution in [0, 0.1) is 11.2 Å². The molecule has 2 heterocycles. The summed E-state index contributed by atoms with van der Waals surface area (Å²) in [5.74, 6) is 0.512. The van der Waals surface area contributed by atoms with Crippen LogP contribution in [0.25, 0.3) is 27.8 Å². The van der Waals surface area contributed by atoms with Gasteiger partial charge in [-0.25, -0.2) is 4.39 Å². The second kappa shape index (κ2) is 8.09. The SMILES string of the molecule is CN(c1cccc(-c2ccc(CC(C)(C)C)cc2)c1)c1nc2nncn2c2cc(N)c(F)cc12. The van der Waals surface area contributed by atoms with Crippen molar-refractivity contribution < 1.29 is 4.39 Å². The maximum absolute atomic E-state index is 14.4. The largest absolute Gasteiger partial charge is 0.396 e. The highest BCUT2D eigenvalue weighted by Gasteiger charge is 2.17. The van der Waals surface area contributed by atoms with Gasteiger partial charge in [-0.3, -0.25) is 4.40 Å². The van der Waals surface area contributed by atoms with Crippen molar-refractivity contribution in [1.29, 1.82) is 0 Å². The molecule has 2 aromatic heterocycles. The number of nitrogen functional groups attached to an aromatic ring is 1. The molecule has 0 radical (unpaired) electrons. The summed E-state index contributed by atoms with van der Waals surface area (Å²) in [6, 6.07) is 19.9. The molecule has 0 aliphatic carbocycles. The molecule has 172 valence electrons. The van der Waals surface area contributed by atoms with Gasteiger partial charge in [0.15, 0.2) is 0 Å². The molecule has 0 spiro atoms. The Hall–Kier alpha value is -4.00. The predicted octanol–water partition coefficient (Wildman–Crippen LogP) is 6.02. The summed E-state index contributed by atoms with van der Waals surface area (Å²) >= 11 is 0. The molecule has 0 saturated heterocycles. The molecule has 0 amide bonds. The second-order valence-corrected chi connectivity index (χ2v) is 9.87. The van der Waals surface area contributed by atoms with Crippen molar-refractivity contribution in [3.63, 3.8) is 0 Å². The number of fused-ring (bicyclic) bond motifs is 3. The third-order valence-electron chi connectivity index (χ3n) is 5.92. The van der Waals surface area contributed by atoms with E-state index in [1.54, 1.807) is 16.8 Å². The van der Waals surface area contributed by atoms with E-state index in [0.717, 1.165) is 23.2 Å². The van der Waals surface area contributed by atoms with Gasteiger partial charge in [0, 0.05) is 18.1 Å². The Labute approximate surface area is 197 Å². The molecule has 0 aliphatic heterocycles. The molecule has 0 bridgehead atoms. The number of aromatic nitrogens is 4. The summed E-state index contributed by atoms with van der Waals surface area (Å²) in [6.07, 6.45) is 2.58. The Balaban J connectivity index is 1.55. The van der Waals surface area contributed by atoms with E-state index in [2.05, 4.69) is 72.4 Å². The van der Waals surface area contributed by atoms with Crippen LogP contribution in [0.5, 0.6) is 0 Å². The number of anilines is 3. The normalized spacial score (nSPS) is 11.9. The van der Waals surface area contributed by atoms with E-state index in [1.807, 2.05) is 24.1 Å². The minimum atomic E-state index is -0.486. The van der Waals surface area contributed by atoms with Crippen LogP contribution in [-0.2, 0) is 6.42 Å². The highest BCUT2D eigenvalue weighted by atomic mass is 19.1. The van der Waals surface area contributed by atoms with Crippen molar-refractivity contribution >= 4 is 33.9 Å². The van der Waals surface area contributed by atoms with Gasteiger partial charge in [-0.1, -0.05) is 57.2 Å². The minimum Gasteiger partial charge on any atom is -0.396 e. The minimum absolute atomic E-state index is 0.0687. The maximum Gasteiger partial charge on any atom is 0.257 e. The first-order valence-electron chi connectivity index (χ1n) is 11.2. The first-order valence-corrected chi connectivity index (χ1v) is 11.2. The molecule has 0 aliphatic rings. The Morgan fingerprint density at radius 1 is 1.00 bits per heavy atom. The molecule has 7 heteroatoms. The second-order valence-electron chi connectivity index (χ2n) is 9.87. The monoisotopic (exact) mass is 454 g/mol. The van der Waals surface area contributed by atoms with Crippen molar-refractivity contribution in [3.8, 4) is 11.1 Å². The van der Waals surface area contributed by atoms with Crippen molar-refractivity contribution in [2.75, 3.05) is 17.7 Å². The fourth-order valence-electron chi connectivity index (χ4n) is 4.29. The van der Waals surface area contributed by atoms with Crippen LogP contribution in [0.2, 0.25) is 0 Å². The van der Waals surface area contributed by atoms with Gasteiger partial charge in [0.05, 0.1) is 11.2 Å². The van der Waals surface area contributed by atoms with Crippen LogP contribution in [-0.4, -0.2) is 26.6 Å². The maximum atomic E-state index is 14.4. The van der Waals surface area contributed by atoms with Gasteiger partial charge in [0.25, 0.3) is 5.78 Å². The number of halogens is 1. The fourth-order valence-corrected chi connectivity index (χ4v) is 4.29. The summed E-state index contributed by atoms with van der Waals surface area (Å²) in [6.45, 7) is 6.74. The molecule has 2 N–H and O–H groups in total. The lowest BCUT2D eigenvalue weighted by atomic mass is 9.87. The van der Waals surface area contributed by atoms with E-state index >= 15 is 0 Å². The molecule has 5 aromatic rings. The predicted molar refractivity (Wildman–Crippen MR) is 136 cm³/mol. The van der Waals surface area contributed by atoms with Gasteiger partial charge in [-0.2, -0.15) is 4.98 Å². The van der Waals surface area contributed by atoms with Gasteiger partial charge in [0.2, 0.25) is 0 Å². The summed E-state index contributed by atoms with van der Waals surface area (Å²) in [5, 5.41) is 8.68. The number of rotatable bonds is 4. The third-order valence-corrected chi connectivity index (χ3v) is 5.92. The van der Waals surface area contributed by atoms with Crippen molar-refractivity contribution in [1.82, 2.24) is 19.6 Å². The molecular formula is C27H27FN6. The first kappa shape index (κ1) is 21.8. The molecule has 0 atom stereocenters. The smallest absolute Gasteiger partial charge is 0.257 e. The number of benzene rings is 3. The van der Waals surface area contributed by atoms with Gasteiger partial charge in [-0.05, 0) is 52.8 Å². The number of hydrogen-bond donors (Lipinski definition) is 1. The molecule has 5 rings (SSSR count). The van der Waals surface area contributed by atoms with Crippen LogP contribution in [0.15, 0.2) is 67.0 Å². The highest BCUT2D eigenvalue weighted by Crippen LogP contribution is 2.34. The Morgan fingerprint density at radius 3 is 2.50 bits per heavy atom. The van der Waals surface area contributed by atoms with Crippen LogP contribution < -0.4 is 10.6 Å². The Bertz CT molecular complexity index is 1500. The topological polar surface area (TPSA) is 72.3 Å². The van der Waals surface area contributed by atoms with Gasteiger partial charge in [-0.15, -0.1) is 10.2 Å². The first-order chi connectivity index (χ1) is 16.2. The summed E-state index contributed by atoms with van der Waals surface area (Å²) in [7, 11) is 1.91. The lowest BCUT2D eigenvalue weighted by Gasteiger charge is -2.21. The lowest BCUT2D eigenvalue weighted by molar-refractivity contribution is 0.411. The van der Waals surface area contributed by atoms with Crippen LogP contribution >= 0.6 is 0 Å². The van der Waals surface area contributed by atoms with Crippen LogP contribution in [0.3, 0.4) is 0 Å². The van der Waals surface area contributed by atoms with E-state index in [1.165, 1.54) is 11.6 Å². The summed E-state index contributed by atoms with van der Waals surface area (Å²) in [5.41, 5.74) is 11.3. The Kier molecular flexibility index (Phi) is 5.20. The van der Waals surface area contributed by atoms with Crippen molar-refractivity contribution in [2.24, 2.45) is 5.41 Å². The zero-order valence-corrected chi connectivity index (χ0v) is 19.7. The molecule has 34 heavy (non-hydrogen) atoms. The molecule has 0 fully saturated rings.